The minimum atomic E-state index is -1.30. The molecule has 1 atom stereocenters. The minimum absolute atomic E-state index is 0.377. The molecule has 0 rings (SSSR count). The van der Waals surface area contributed by atoms with Crippen LogP contribution in [0.15, 0.2) is 0 Å². The highest BCUT2D eigenvalue weighted by molar-refractivity contribution is 5.87. The number of carboxylic acids is 1. The molecule has 0 bridgehead atoms. The zero-order valence-electron chi connectivity index (χ0n) is 9.90. The van der Waals surface area contributed by atoms with Crippen molar-refractivity contribution in [3.8, 4) is 0 Å². The lowest BCUT2D eigenvalue weighted by atomic mass is 10.2. The van der Waals surface area contributed by atoms with Crippen molar-refractivity contribution in [3.63, 3.8) is 0 Å². The van der Waals surface area contributed by atoms with Crippen molar-refractivity contribution in [3.05, 3.63) is 0 Å². The molecule has 0 aromatic heterocycles. The van der Waals surface area contributed by atoms with Crippen molar-refractivity contribution in [1.82, 2.24) is 15.5 Å². The Morgan fingerprint density at radius 1 is 1.35 bits per heavy atom. The molecular weight excluding hydrogens is 228 g/mol. The first-order valence-electron chi connectivity index (χ1n) is 5.03. The van der Waals surface area contributed by atoms with E-state index in [4.69, 9.17) is 10.8 Å². The predicted molar refractivity (Wildman–Crippen MR) is 60.3 cm³/mol. The number of urea groups is 1. The minimum Gasteiger partial charge on any atom is -0.480 e. The molecule has 0 saturated carbocycles. The van der Waals surface area contributed by atoms with Gasteiger partial charge in [-0.2, -0.15) is 0 Å². The second kappa shape index (κ2) is 7.44. The van der Waals surface area contributed by atoms with Gasteiger partial charge in [0.15, 0.2) is 0 Å². The number of likely N-dealkylation sites (N-methyl/N-ethyl adjacent to an activating group) is 1. The molecule has 0 heterocycles. The lowest BCUT2D eigenvalue weighted by Gasteiger charge is -2.14. The monoisotopic (exact) mass is 246 g/mol. The summed E-state index contributed by atoms with van der Waals surface area (Å²) in [6.07, 6.45) is -0.434. The molecule has 0 aromatic rings. The maximum absolute atomic E-state index is 11.3. The molecule has 0 radical (unpaired) electrons. The first-order chi connectivity index (χ1) is 7.82. The normalized spacial score (nSPS) is 11.9. The summed E-state index contributed by atoms with van der Waals surface area (Å²) in [5, 5.41) is 13.3. The Kier molecular flexibility index (Phi) is 6.64. The van der Waals surface area contributed by atoms with Crippen LogP contribution >= 0.6 is 0 Å². The maximum Gasteiger partial charge on any atom is 0.326 e. The molecular formula is C9H18N4O4. The molecule has 0 aliphatic rings. The van der Waals surface area contributed by atoms with Crippen LogP contribution in [0.4, 0.5) is 4.79 Å². The van der Waals surface area contributed by atoms with Crippen LogP contribution < -0.4 is 16.4 Å². The smallest absolute Gasteiger partial charge is 0.326 e. The third kappa shape index (κ3) is 8.03. The third-order valence-corrected chi connectivity index (χ3v) is 1.85. The van der Waals surface area contributed by atoms with Crippen LogP contribution in [0.5, 0.6) is 0 Å². The predicted octanol–water partition coefficient (Wildman–Crippen LogP) is -1.82. The highest BCUT2D eigenvalue weighted by atomic mass is 16.4. The second-order valence-corrected chi connectivity index (χ2v) is 3.76. The number of amides is 3. The van der Waals surface area contributed by atoms with E-state index >= 15 is 0 Å². The Bertz CT molecular complexity index is 293. The maximum atomic E-state index is 11.3. The van der Waals surface area contributed by atoms with Gasteiger partial charge in [0.05, 0.1) is 6.42 Å². The number of nitrogens with two attached hydrogens (primary N) is 1. The molecule has 8 heteroatoms. The Labute approximate surface area is 99.1 Å². The molecule has 1 unspecified atom stereocenters. The number of carbonyl (C=O) groups excluding carboxylic acids is 2. The summed E-state index contributed by atoms with van der Waals surface area (Å²) < 4.78 is 0. The summed E-state index contributed by atoms with van der Waals surface area (Å²) in [5.74, 6) is -2.09. The Hall–Kier alpha value is -1.83. The van der Waals surface area contributed by atoms with Crippen LogP contribution in [-0.2, 0) is 9.59 Å². The van der Waals surface area contributed by atoms with E-state index in [1.807, 2.05) is 19.0 Å². The first-order valence-corrected chi connectivity index (χ1v) is 5.03. The fourth-order valence-electron chi connectivity index (χ4n) is 1.00. The topological polar surface area (TPSA) is 125 Å². The van der Waals surface area contributed by atoms with Gasteiger partial charge in [0.1, 0.15) is 6.04 Å². The molecule has 0 fully saturated rings. The average molecular weight is 246 g/mol. The highest BCUT2D eigenvalue weighted by Gasteiger charge is 2.21. The van der Waals surface area contributed by atoms with E-state index in [9.17, 15) is 14.4 Å². The average Bonchev–Trinajstić information content (AvgIpc) is 2.15. The van der Waals surface area contributed by atoms with Crippen LogP contribution in [0.3, 0.4) is 0 Å². The van der Waals surface area contributed by atoms with Crippen molar-refractivity contribution in [2.45, 2.75) is 12.5 Å². The molecule has 0 spiro atoms. The van der Waals surface area contributed by atoms with Crippen LogP contribution in [0.2, 0.25) is 0 Å². The quantitative estimate of drug-likeness (QED) is 0.421. The molecule has 17 heavy (non-hydrogen) atoms. The Balaban J connectivity index is 4.04. The number of hydrogen-bond acceptors (Lipinski definition) is 4. The molecule has 0 aromatic carbocycles. The van der Waals surface area contributed by atoms with Gasteiger partial charge in [-0.1, -0.05) is 0 Å². The van der Waals surface area contributed by atoms with E-state index in [-0.39, 0.29) is 0 Å². The molecule has 0 aliphatic heterocycles. The largest absolute Gasteiger partial charge is 0.480 e. The number of aliphatic carboxylic acids is 1. The molecule has 3 amide bonds. The molecule has 5 N–H and O–H groups in total. The summed E-state index contributed by atoms with van der Waals surface area (Å²) in [6, 6.07) is -1.94. The highest BCUT2D eigenvalue weighted by Crippen LogP contribution is 1.91. The van der Waals surface area contributed by atoms with Gasteiger partial charge in [0.2, 0.25) is 5.91 Å². The van der Waals surface area contributed by atoms with E-state index < -0.39 is 30.4 Å². The van der Waals surface area contributed by atoms with Gasteiger partial charge in [0.25, 0.3) is 0 Å². The zero-order chi connectivity index (χ0) is 13.4. The van der Waals surface area contributed by atoms with Crippen molar-refractivity contribution in [2.24, 2.45) is 5.73 Å². The molecule has 0 aliphatic carbocycles. The Morgan fingerprint density at radius 2 is 1.94 bits per heavy atom. The van der Waals surface area contributed by atoms with E-state index in [1.165, 1.54) is 0 Å². The van der Waals surface area contributed by atoms with E-state index in [2.05, 4.69) is 10.6 Å². The van der Waals surface area contributed by atoms with Crippen LogP contribution in [-0.4, -0.2) is 61.1 Å². The lowest BCUT2D eigenvalue weighted by Crippen LogP contribution is -2.48. The number of carboxylic acid groups (broad SMARTS) is 1. The van der Waals surface area contributed by atoms with Crippen LogP contribution in [0, 0.1) is 0 Å². The van der Waals surface area contributed by atoms with Gasteiger partial charge in [-0.3, -0.25) is 4.79 Å². The molecule has 8 nitrogen and oxygen atoms in total. The van der Waals surface area contributed by atoms with Gasteiger partial charge in [0, 0.05) is 13.1 Å². The van der Waals surface area contributed by atoms with E-state index in [0.717, 1.165) is 0 Å². The SMILES string of the molecule is CN(C)CCNC(=O)NC(CC(N)=O)C(=O)O. The van der Waals surface area contributed by atoms with Crippen LogP contribution in [0.1, 0.15) is 6.42 Å². The van der Waals surface area contributed by atoms with Gasteiger partial charge < -0.3 is 26.4 Å². The number of primary amides is 1. The van der Waals surface area contributed by atoms with Gasteiger partial charge in [-0.15, -0.1) is 0 Å². The Morgan fingerprint density at radius 3 is 2.35 bits per heavy atom. The summed E-state index contributed by atoms with van der Waals surface area (Å²) in [7, 11) is 3.68. The van der Waals surface area contributed by atoms with Crippen LogP contribution in [0.25, 0.3) is 0 Å². The van der Waals surface area contributed by atoms with Crippen molar-refractivity contribution < 1.29 is 19.5 Å². The van der Waals surface area contributed by atoms with E-state index in [1.54, 1.807) is 0 Å². The fourth-order valence-corrected chi connectivity index (χ4v) is 1.00. The third-order valence-electron chi connectivity index (χ3n) is 1.85. The number of rotatable bonds is 7. The zero-order valence-corrected chi connectivity index (χ0v) is 9.90. The van der Waals surface area contributed by atoms with Crippen molar-refractivity contribution in [1.29, 1.82) is 0 Å². The summed E-state index contributed by atoms with van der Waals surface area (Å²) in [5.41, 5.74) is 4.87. The fraction of sp³-hybridized carbons (Fsp3) is 0.667. The summed E-state index contributed by atoms with van der Waals surface area (Å²) in [6.45, 7) is 1.00. The van der Waals surface area contributed by atoms with Gasteiger partial charge in [-0.25, -0.2) is 9.59 Å². The van der Waals surface area contributed by atoms with Gasteiger partial charge in [-0.05, 0) is 14.1 Å². The number of nitrogens with zero attached hydrogens (tertiary/aromatic N) is 1. The molecule has 0 saturated heterocycles. The summed E-state index contributed by atoms with van der Waals surface area (Å²) >= 11 is 0. The number of hydrogen-bond donors (Lipinski definition) is 4. The number of carbonyl (C=O) groups is 3. The number of nitrogens with one attached hydrogen (secondary N) is 2. The first kappa shape index (κ1) is 15.2. The lowest BCUT2D eigenvalue weighted by molar-refractivity contribution is -0.140. The van der Waals surface area contributed by atoms with Crippen molar-refractivity contribution >= 4 is 17.9 Å². The molecule has 98 valence electrons. The van der Waals surface area contributed by atoms with Crippen molar-refractivity contribution in [2.75, 3.05) is 27.2 Å². The van der Waals surface area contributed by atoms with Gasteiger partial charge >= 0.3 is 12.0 Å². The summed E-state index contributed by atoms with van der Waals surface area (Å²) in [4.78, 5) is 34.4. The van der Waals surface area contributed by atoms with E-state index in [0.29, 0.717) is 13.1 Å². The standard InChI is InChI=1S/C9H18N4O4/c1-13(2)4-3-11-9(17)12-6(8(15)16)5-7(10)14/h6H,3-5H2,1-2H3,(H2,10,14)(H,15,16)(H2,11,12,17). The second-order valence-electron chi connectivity index (χ2n) is 3.76.